The lowest BCUT2D eigenvalue weighted by Crippen LogP contribution is -2.51. The molecule has 1 N–H and O–H groups in total. The molecule has 2 aliphatic heterocycles. The van der Waals surface area contributed by atoms with Crippen molar-refractivity contribution in [2.75, 3.05) is 26.3 Å². The molecule has 1 spiro atoms. The SMILES string of the molecule is Cc1[nH]ncc1C(=O)N1CCCC2(C1)OCCO2. The molecule has 6 heteroatoms. The van der Waals surface area contributed by atoms with Gasteiger partial charge in [0.2, 0.25) is 0 Å². The molecule has 3 heterocycles. The highest BCUT2D eigenvalue weighted by Crippen LogP contribution is 2.30. The number of nitrogens with zero attached hydrogens (tertiary/aromatic N) is 2. The molecular weight excluding hydrogens is 234 g/mol. The van der Waals surface area contributed by atoms with Gasteiger partial charge in [-0.15, -0.1) is 0 Å². The summed E-state index contributed by atoms with van der Waals surface area (Å²) in [4.78, 5) is 14.2. The number of ether oxygens (including phenoxy) is 2. The highest BCUT2D eigenvalue weighted by Gasteiger charge is 2.42. The van der Waals surface area contributed by atoms with Crippen LogP contribution in [0.15, 0.2) is 6.20 Å². The Labute approximate surface area is 105 Å². The first-order valence-corrected chi connectivity index (χ1v) is 6.27. The number of rotatable bonds is 1. The summed E-state index contributed by atoms with van der Waals surface area (Å²) in [7, 11) is 0. The monoisotopic (exact) mass is 251 g/mol. The Morgan fingerprint density at radius 2 is 2.28 bits per heavy atom. The molecule has 2 saturated heterocycles. The van der Waals surface area contributed by atoms with Gasteiger partial charge in [0.15, 0.2) is 5.79 Å². The van der Waals surface area contributed by atoms with Crippen LogP contribution in [0, 0.1) is 6.92 Å². The Hall–Kier alpha value is -1.40. The minimum atomic E-state index is -0.564. The average molecular weight is 251 g/mol. The number of carbonyl (C=O) groups excluding carboxylic acids is 1. The summed E-state index contributed by atoms with van der Waals surface area (Å²) in [6, 6.07) is 0. The zero-order chi connectivity index (χ0) is 12.6. The number of aromatic nitrogens is 2. The molecule has 18 heavy (non-hydrogen) atoms. The smallest absolute Gasteiger partial charge is 0.257 e. The molecule has 0 radical (unpaired) electrons. The normalized spacial score (nSPS) is 22.6. The molecule has 98 valence electrons. The van der Waals surface area contributed by atoms with Crippen molar-refractivity contribution in [2.45, 2.75) is 25.6 Å². The third-order valence-electron chi connectivity index (χ3n) is 3.58. The van der Waals surface area contributed by atoms with Gasteiger partial charge in [-0.1, -0.05) is 0 Å². The third-order valence-corrected chi connectivity index (χ3v) is 3.58. The standard InChI is InChI=1S/C12H17N3O3/c1-9-10(7-13-14-9)11(16)15-4-2-3-12(8-15)17-5-6-18-12/h7H,2-6,8H2,1H3,(H,13,14). The van der Waals surface area contributed by atoms with Crippen LogP contribution in [0.2, 0.25) is 0 Å². The van der Waals surface area contributed by atoms with Crippen molar-refractivity contribution in [3.63, 3.8) is 0 Å². The van der Waals surface area contributed by atoms with E-state index in [-0.39, 0.29) is 5.91 Å². The van der Waals surface area contributed by atoms with Crippen molar-refractivity contribution in [1.29, 1.82) is 0 Å². The first-order chi connectivity index (χ1) is 8.70. The molecule has 1 aromatic rings. The van der Waals surface area contributed by atoms with E-state index >= 15 is 0 Å². The molecule has 0 atom stereocenters. The van der Waals surface area contributed by atoms with Crippen LogP contribution in [0.3, 0.4) is 0 Å². The van der Waals surface area contributed by atoms with E-state index in [1.807, 2.05) is 6.92 Å². The fourth-order valence-corrected chi connectivity index (χ4v) is 2.63. The number of piperidine rings is 1. The zero-order valence-electron chi connectivity index (χ0n) is 10.4. The van der Waals surface area contributed by atoms with Gasteiger partial charge in [-0.05, 0) is 13.3 Å². The summed E-state index contributed by atoms with van der Waals surface area (Å²) in [6.45, 7) is 4.34. The first-order valence-electron chi connectivity index (χ1n) is 6.27. The number of nitrogens with one attached hydrogen (secondary N) is 1. The number of aromatic amines is 1. The number of likely N-dealkylation sites (tertiary alicyclic amines) is 1. The molecule has 1 aromatic heterocycles. The number of aryl methyl sites for hydroxylation is 1. The fourth-order valence-electron chi connectivity index (χ4n) is 2.63. The van der Waals surface area contributed by atoms with Crippen LogP contribution in [0.25, 0.3) is 0 Å². The van der Waals surface area contributed by atoms with Crippen molar-refractivity contribution in [3.8, 4) is 0 Å². The minimum Gasteiger partial charge on any atom is -0.346 e. The fraction of sp³-hybridized carbons (Fsp3) is 0.667. The molecule has 0 saturated carbocycles. The second-order valence-electron chi connectivity index (χ2n) is 4.85. The summed E-state index contributed by atoms with van der Waals surface area (Å²) < 4.78 is 11.3. The van der Waals surface area contributed by atoms with Gasteiger partial charge in [0, 0.05) is 18.7 Å². The Balaban J connectivity index is 1.76. The van der Waals surface area contributed by atoms with E-state index in [1.54, 1.807) is 11.1 Å². The molecule has 0 aromatic carbocycles. The van der Waals surface area contributed by atoms with Crippen LogP contribution in [0.5, 0.6) is 0 Å². The maximum atomic E-state index is 12.4. The number of carbonyl (C=O) groups is 1. The highest BCUT2D eigenvalue weighted by molar-refractivity contribution is 5.95. The molecule has 0 unspecified atom stereocenters. The van der Waals surface area contributed by atoms with Crippen LogP contribution < -0.4 is 0 Å². The van der Waals surface area contributed by atoms with Gasteiger partial charge >= 0.3 is 0 Å². The van der Waals surface area contributed by atoms with E-state index in [2.05, 4.69) is 10.2 Å². The van der Waals surface area contributed by atoms with Crippen molar-refractivity contribution in [2.24, 2.45) is 0 Å². The molecule has 1 amide bonds. The predicted octanol–water partition coefficient (Wildman–Crippen LogP) is 0.697. The molecular formula is C12H17N3O3. The Bertz CT molecular complexity index is 451. The highest BCUT2D eigenvalue weighted by atomic mass is 16.7. The van der Waals surface area contributed by atoms with Gasteiger partial charge in [-0.2, -0.15) is 5.10 Å². The lowest BCUT2D eigenvalue weighted by atomic mass is 10.0. The minimum absolute atomic E-state index is 0.000532. The maximum absolute atomic E-state index is 12.4. The van der Waals surface area contributed by atoms with Gasteiger partial charge < -0.3 is 14.4 Å². The average Bonchev–Trinajstić information content (AvgIpc) is 2.98. The number of H-pyrrole nitrogens is 1. The van der Waals surface area contributed by atoms with Crippen molar-refractivity contribution in [1.82, 2.24) is 15.1 Å². The van der Waals surface area contributed by atoms with Crippen molar-refractivity contribution < 1.29 is 14.3 Å². The van der Waals surface area contributed by atoms with E-state index in [1.165, 1.54) is 0 Å². The molecule has 0 bridgehead atoms. The summed E-state index contributed by atoms with van der Waals surface area (Å²) in [6.07, 6.45) is 3.35. The second-order valence-corrected chi connectivity index (χ2v) is 4.85. The quantitative estimate of drug-likeness (QED) is 0.797. The summed E-state index contributed by atoms with van der Waals surface area (Å²) in [5.41, 5.74) is 1.43. The molecule has 2 aliphatic rings. The Morgan fingerprint density at radius 3 is 2.94 bits per heavy atom. The lowest BCUT2D eigenvalue weighted by Gasteiger charge is -2.38. The van der Waals surface area contributed by atoms with Crippen LogP contribution >= 0.6 is 0 Å². The van der Waals surface area contributed by atoms with E-state index < -0.39 is 5.79 Å². The van der Waals surface area contributed by atoms with Gasteiger partial charge in [0.1, 0.15) is 0 Å². The van der Waals surface area contributed by atoms with Crippen molar-refractivity contribution in [3.05, 3.63) is 17.5 Å². The Kier molecular flexibility index (Phi) is 2.83. The van der Waals surface area contributed by atoms with Gasteiger partial charge in [0.05, 0.1) is 31.5 Å². The van der Waals surface area contributed by atoms with Gasteiger partial charge in [0.25, 0.3) is 5.91 Å². The molecule has 0 aliphatic carbocycles. The van der Waals surface area contributed by atoms with Crippen LogP contribution in [0.4, 0.5) is 0 Å². The molecule has 3 rings (SSSR count). The van der Waals surface area contributed by atoms with Crippen LogP contribution in [-0.2, 0) is 9.47 Å². The van der Waals surface area contributed by atoms with Gasteiger partial charge in [-0.25, -0.2) is 0 Å². The van der Waals surface area contributed by atoms with Gasteiger partial charge in [-0.3, -0.25) is 9.89 Å². The topological polar surface area (TPSA) is 67.5 Å². The largest absolute Gasteiger partial charge is 0.346 e. The summed E-state index contributed by atoms with van der Waals surface area (Å²) in [5, 5.41) is 6.68. The first kappa shape index (κ1) is 11.7. The van der Waals surface area contributed by atoms with Crippen molar-refractivity contribution >= 4 is 5.91 Å². The van der Waals surface area contributed by atoms with E-state index in [9.17, 15) is 4.79 Å². The lowest BCUT2D eigenvalue weighted by molar-refractivity contribution is -0.183. The van der Waals surface area contributed by atoms with Crippen LogP contribution in [0.1, 0.15) is 28.9 Å². The Morgan fingerprint density at radius 1 is 1.50 bits per heavy atom. The summed E-state index contributed by atoms with van der Waals surface area (Å²) in [5.74, 6) is -0.564. The maximum Gasteiger partial charge on any atom is 0.257 e. The van der Waals surface area contributed by atoms with E-state index in [0.717, 1.165) is 25.1 Å². The van der Waals surface area contributed by atoms with Crippen LogP contribution in [-0.4, -0.2) is 53.1 Å². The molecule has 2 fully saturated rings. The summed E-state index contributed by atoms with van der Waals surface area (Å²) >= 11 is 0. The zero-order valence-corrected chi connectivity index (χ0v) is 10.4. The van der Waals surface area contributed by atoms with E-state index in [0.29, 0.717) is 25.3 Å². The number of amides is 1. The number of hydrogen-bond acceptors (Lipinski definition) is 4. The third kappa shape index (κ3) is 1.91. The number of hydrogen-bond donors (Lipinski definition) is 1. The second kappa shape index (κ2) is 4.37. The molecule has 6 nitrogen and oxygen atoms in total. The predicted molar refractivity (Wildman–Crippen MR) is 63.1 cm³/mol. The van der Waals surface area contributed by atoms with E-state index in [4.69, 9.17) is 9.47 Å².